The van der Waals surface area contributed by atoms with Crippen LogP contribution in [0.1, 0.15) is 15.9 Å². The van der Waals surface area contributed by atoms with E-state index in [0.29, 0.717) is 5.56 Å². The highest BCUT2D eigenvalue weighted by atomic mass is 79.9. The summed E-state index contributed by atoms with van der Waals surface area (Å²) in [6.45, 7) is 0. The molecule has 1 aromatic rings. The van der Waals surface area contributed by atoms with Crippen molar-refractivity contribution in [2.24, 2.45) is 0 Å². The maximum atomic E-state index is 11.5. The molecule has 0 fully saturated rings. The van der Waals surface area contributed by atoms with E-state index in [1.165, 1.54) is 12.1 Å². The molecule has 0 spiro atoms. The molecule has 0 amide bonds. The Labute approximate surface area is 105 Å². The van der Waals surface area contributed by atoms with Crippen LogP contribution in [0.5, 0.6) is 0 Å². The van der Waals surface area contributed by atoms with Crippen molar-refractivity contribution >= 4 is 39.2 Å². The van der Waals surface area contributed by atoms with Crippen molar-refractivity contribution in [1.82, 2.24) is 0 Å². The van der Waals surface area contributed by atoms with E-state index in [4.69, 9.17) is 11.6 Å². The number of ether oxygens (including phenoxy) is 1. The number of carbonyl (C=O) groups is 1. The van der Waals surface area contributed by atoms with Crippen LogP contribution in [0.15, 0.2) is 12.1 Å². The first-order chi connectivity index (χ1) is 7.52. The van der Waals surface area contributed by atoms with Crippen LogP contribution in [0.4, 0.5) is 5.69 Å². The van der Waals surface area contributed by atoms with Crippen LogP contribution in [0.3, 0.4) is 0 Å². The average molecular weight is 309 g/mol. The highest BCUT2D eigenvalue weighted by Gasteiger charge is 2.26. The van der Waals surface area contributed by atoms with Gasteiger partial charge in [-0.05, 0) is 6.07 Å². The number of carbonyl (C=O) groups excluding carboxylic acids is 1. The summed E-state index contributed by atoms with van der Waals surface area (Å²) in [6, 6.07) is 2.56. The molecule has 1 rings (SSSR count). The Hall–Kier alpha value is -1.14. The molecule has 1 aromatic carbocycles. The molecule has 0 aromatic heterocycles. The number of hydrogen-bond acceptors (Lipinski definition) is 4. The molecule has 0 bridgehead atoms. The molecule has 0 atom stereocenters. The molecule has 16 heavy (non-hydrogen) atoms. The standard InChI is InChI=1S/C9H7BrClNO4/c1-16-9(13)8-5(4-10)6(11)2-3-7(8)12(14)15/h2-3H,4H2,1H3. The lowest BCUT2D eigenvalue weighted by atomic mass is 10.1. The lowest BCUT2D eigenvalue weighted by molar-refractivity contribution is -0.385. The molecule has 7 heteroatoms. The summed E-state index contributed by atoms with van der Waals surface area (Å²) in [5, 5.41) is 11.3. The lowest BCUT2D eigenvalue weighted by Gasteiger charge is -2.07. The summed E-state index contributed by atoms with van der Waals surface area (Å²) in [4.78, 5) is 21.6. The van der Waals surface area contributed by atoms with Crippen molar-refractivity contribution in [1.29, 1.82) is 0 Å². The second-order valence-electron chi connectivity index (χ2n) is 2.80. The van der Waals surface area contributed by atoms with E-state index in [1.807, 2.05) is 0 Å². The van der Waals surface area contributed by atoms with E-state index in [2.05, 4.69) is 20.7 Å². The molecule has 0 aliphatic rings. The minimum atomic E-state index is -0.774. The molecule has 0 N–H and O–H groups in total. The smallest absolute Gasteiger partial charge is 0.345 e. The number of alkyl halides is 1. The van der Waals surface area contributed by atoms with Gasteiger partial charge in [-0.3, -0.25) is 10.1 Å². The molecule has 0 unspecified atom stereocenters. The van der Waals surface area contributed by atoms with E-state index in [9.17, 15) is 14.9 Å². The minimum Gasteiger partial charge on any atom is -0.465 e. The van der Waals surface area contributed by atoms with Gasteiger partial charge in [0.1, 0.15) is 5.56 Å². The van der Waals surface area contributed by atoms with Crippen LogP contribution >= 0.6 is 27.5 Å². The Balaban J connectivity index is 3.53. The summed E-state index contributed by atoms with van der Waals surface area (Å²) >= 11 is 8.97. The van der Waals surface area contributed by atoms with Gasteiger partial charge in [0, 0.05) is 22.0 Å². The highest BCUT2D eigenvalue weighted by molar-refractivity contribution is 9.08. The number of benzene rings is 1. The summed E-state index contributed by atoms with van der Waals surface area (Å²) in [5.41, 5.74) is -0.0784. The molecular formula is C9H7BrClNO4. The number of halogens is 2. The molecule has 86 valence electrons. The third kappa shape index (κ3) is 2.33. The number of rotatable bonds is 3. The fourth-order valence-corrected chi connectivity index (χ4v) is 2.19. The summed E-state index contributed by atoms with van der Waals surface area (Å²) in [6.07, 6.45) is 0. The van der Waals surface area contributed by atoms with Crippen molar-refractivity contribution in [2.75, 3.05) is 7.11 Å². The number of esters is 1. The minimum absolute atomic E-state index is 0.114. The Bertz CT molecular complexity index is 449. The SMILES string of the molecule is COC(=O)c1c([N+](=O)[O-])ccc(Cl)c1CBr. The molecule has 0 saturated carbocycles. The van der Waals surface area contributed by atoms with Crippen molar-refractivity contribution in [3.05, 3.63) is 38.4 Å². The fourth-order valence-electron chi connectivity index (χ4n) is 1.22. The molecule has 0 aliphatic carbocycles. The first kappa shape index (κ1) is 12.9. The molecule has 5 nitrogen and oxygen atoms in total. The van der Waals surface area contributed by atoms with E-state index in [-0.39, 0.29) is 21.6 Å². The number of nitro benzene ring substituents is 1. The number of nitro groups is 1. The van der Waals surface area contributed by atoms with Crippen LogP contribution in [-0.4, -0.2) is 18.0 Å². The van der Waals surface area contributed by atoms with Gasteiger partial charge in [0.2, 0.25) is 0 Å². The second-order valence-corrected chi connectivity index (χ2v) is 3.77. The first-order valence-electron chi connectivity index (χ1n) is 4.13. The van der Waals surface area contributed by atoms with Crippen LogP contribution < -0.4 is 0 Å². The van der Waals surface area contributed by atoms with Gasteiger partial charge in [0.15, 0.2) is 0 Å². The maximum absolute atomic E-state index is 11.5. The molecule has 0 heterocycles. The monoisotopic (exact) mass is 307 g/mol. The molecule has 0 radical (unpaired) electrons. The van der Waals surface area contributed by atoms with Crippen LogP contribution in [0, 0.1) is 10.1 Å². The maximum Gasteiger partial charge on any atom is 0.345 e. The highest BCUT2D eigenvalue weighted by Crippen LogP contribution is 2.30. The quantitative estimate of drug-likeness (QED) is 0.372. The first-order valence-corrected chi connectivity index (χ1v) is 5.63. The van der Waals surface area contributed by atoms with Crippen LogP contribution in [-0.2, 0) is 10.1 Å². The van der Waals surface area contributed by atoms with Crippen molar-refractivity contribution in [3.63, 3.8) is 0 Å². The molecule has 0 saturated heterocycles. The second kappa shape index (κ2) is 5.27. The van der Waals surface area contributed by atoms with Crippen molar-refractivity contribution < 1.29 is 14.5 Å². The topological polar surface area (TPSA) is 69.4 Å². The van der Waals surface area contributed by atoms with Gasteiger partial charge >= 0.3 is 5.97 Å². The fraction of sp³-hybridized carbons (Fsp3) is 0.222. The van der Waals surface area contributed by atoms with E-state index in [1.54, 1.807) is 0 Å². The van der Waals surface area contributed by atoms with Crippen molar-refractivity contribution in [3.8, 4) is 0 Å². The van der Waals surface area contributed by atoms with E-state index < -0.39 is 10.9 Å². The Kier molecular flexibility index (Phi) is 4.26. The Morgan fingerprint density at radius 3 is 2.69 bits per heavy atom. The van der Waals surface area contributed by atoms with Crippen LogP contribution in [0.2, 0.25) is 5.02 Å². The number of hydrogen-bond donors (Lipinski definition) is 0. The zero-order chi connectivity index (χ0) is 12.3. The van der Waals surface area contributed by atoms with Crippen molar-refractivity contribution in [2.45, 2.75) is 5.33 Å². The van der Waals surface area contributed by atoms with Crippen LogP contribution in [0.25, 0.3) is 0 Å². The lowest BCUT2D eigenvalue weighted by Crippen LogP contribution is -2.09. The third-order valence-electron chi connectivity index (χ3n) is 1.95. The van der Waals surface area contributed by atoms with Gasteiger partial charge < -0.3 is 4.74 Å². The number of nitrogens with zero attached hydrogens (tertiary/aromatic N) is 1. The van der Waals surface area contributed by atoms with Gasteiger partial charge in [0.05, 0.1) is 12.0 Å². The summed E-state index contributed by atoms with van der Waals surface area (Å²) in [5.74, 6) is -0.774. The summed E-state index contributed by atoms with van der Waals surface area (Å²) in [7, 11) is 1.16. The predicted molar refractivity (Wildman–Crippen MR) is 62.1 cm³/mol. The van der Waals surface area contributed by atoms with Gasteiger partial charge in [-0.25, -0.2) is 4.79 Å². The van der Waals surface area contributed by atoms with Gasteiger partial charge in [0.25, 0.3) is 5.69 Å². The van der Waals surface area contributed by atoms with Gasteiger partial charge in [-0.15, -0.1) is 0 Å². The van der Waals surface area contributed by atoms with Gasteiger partial charge in [-0.2, -0.15) is 0 Å². The van der Waals surface area contributed by atoms with Gasteiger partial charge in [-0.1, -0.05) is 27.5 Å². The largest absolute Gasteiger partial charge is 0.465 e. The molecular weight excluding hydrogens is 301 g/mol. The predicted octanol–water partition coefficient (Wildman–Crippen LogP) is 2.93. The third-order valence-corrected chi connectivity index (χ3v) is 2.87. The zero-order valence-corrected chi connectivity index (χ0v) is 10.5. The Morgan fingerprint density at radius 2 is 2.25 bits per heavy atom. The normalized spacial score (nSPS) is 9.94. The average Bonchev–Trinajstić information content (AvgIpc) is 2.27. The summed E-state index contributed by atoms with van der Waals surface area (Å²) < 4.78 is 4.50. The zero-order valence-electron chi connectivity index (χ0n) is 8.20. The molecule has 0 aliphatic heterocycles. The Morgan fingerprint density at radius 1 is 1.62 bits per heavy atom. The van der Waals surface area contributed by atoms with E-state index >= 15 is 0 Å². The number of methoxy groups -OCH3 is 1. The van der Waals surface area contributed by atoms with E-state index in [0.717, 1.165) is 7.11 Å².